The fourth-order valence-electron chi connectivity index (χ4n) is 3.07. The normalized spacial score (nSPS) is 12.0. The molecule has 0 fully saturated rings. The Labute approximate surface area is 180 Å². The number of aromatic nitrogens is 2. The van der Waals surface area contributed by atoms with Crippen LogP contribution in [0.4, 0.5) is 0 Å². The average molecular weight is 429 g/mol. The molecule has 0 aliphatic carbocycles. The second-order valence-corrected chi connectivity index (χ2v) is 7.47. The van der Waals surface area contributed by atoms with Crippen molar-refractivity contribution in [2.75, 3.05) is 6.61 Å². The first-order valence-corrected chi connectivity index (χ1v) is 10.3. The van der Waals surface area contributed by atoms with Crippen molar-refractivity contribution in [3.8, 4) is 28.3 Å². The number of carbonyl (C=O) groups is 1. The third-order valence-electron chi connectivity index (χ3n) is 4.74. The van der Waals surface area contributed by atoms with Crippen molar-refractivity contribution in [3.63, 3.8) is 0 Å². The van der Waals surface area contributed by atoms with E-state index in [0.29, 0.717) is 41.6 Å². The highest BCUT2D eigenvalue weighted by molar-refractivity contribution is 6.30. The monoisotopic (exact) mass is 428 g/mol. The van der Waals surface area contributed by atoms with Crippen LogP contribution in [0.25, 0.3) is 22.5 Å². The Balaban J connectivity index is 2.13. The van der Waals surface area contributed by atoms with Gasteiger partial charge in [-0.05, 0) is 54.8 Å². The molecule has 3 rings (SSSR count). The number of hydrogen-bond donors (Lipinski definition) is 2. The molecule has 3 aromatic rings. The van der Waals surface area contributed by atoms with E-state index in [4.69, 9.17) is 16.3 Å². The van der Waals surface area contributed by atoms with E-state index >= 15 is 0 Å². The number of carboxylic acid groups (broad SMARTS) is 1. The summed E-state index contributed by atoms with van der Waals surface area (Å²) >= 11 is 6.03. The Kier molecular flexibility index (Phi) is 7.13. The molecule has 158 valence electrons. The van der Waals surface area contributed by atoms with Gasteiger partial charge in [0.25, 0.3) is 0 Å². The lowest BCUT2D eigenvalue weighted by Crippen LogP contribution is -2.16. The first-order chi connectivity index (χ1) is 14.4. The molecule has 1 heterocycles. The molecule has 0 bridgehead atoms. The second kappa shape index (κ2) is 9.78. The van der Waals surface area contributed by atoms with Crippen LogP contribution in [0, 0.1) is 0 Å². The van der Waals surface area contributed by atoms with Gasteiger partial charge in [0.2, 0.25) is 0 Å². The Morgan fingerprint density at radius 1 is 1.17 bits per heavy atom. The summed E-state index contributed by atoms with van der Waals surface area (Å²) in [6, 6.07) is 14.0. The molecule has 0 saturated carbocycles. The molecular formula is C23H25ClN2O4. The summed E-state index contributed by atoms with van der Waals surface area (Å²) in [5.74, 6) is -0.442. The molecule has 1 atom stereocenters. The van der Waals surface area contributed by atoms with Crippen molar-refractivity contribution >= 4 is 17.6 Å². The van der Waals surface area contributed by atoms with Gasteiger partial charge >= 0.3 is 5.97 Å². The largest absolute Gasteiger partial charge is 0.493 e. The summed E-state index contributed by atoms with van der Waals surface area (Å²) in [4.78, 5) is 11.5. The zero-order valence-corrected chi connectivity index (χ0v) is 17.8. The highest BCUT2D eigenvalue weighted by Crippen LogP contribution is 2.34. The number of halogens is 1. The van der Waals surface area contributed by atoms with Crippen molar-refractivity contribution < 1.29 is 19.7 Å². The van der Waals surface area contributed by atoms with Crippen LogP contribution in [0.5, 0.6) is 5.75 Å². The highest BCUT2D eigenvalue weighted by atomic mass is 35.5. The van der Waals surface area contributed by atoms with Gasteiger partial charge < -0.3 is 14.9 Å². The fraction of sp³-hybridized carbons (Fsp3) is 0.304. The summed E-state index contributed by atoms with van der Waals surface area (Å²) in [5, 5.41) is 25.0. The van der Waals surface area contributed by atoms with Gasteiger partial charge in [-0.15, -0.1) is 0 Å². The van der Waals surface area contributed by atoms with E-state index in [1.54, 1.807) is 28.9 Å². The molecule has 2 N–H and O–H groups in total. The number of hydrogen-bond acceptors (Lipinski definition) is 4. The quantitative estimate of drug-likeness (QED) is 0.493. The van der Waals surface area contributed by atoms with Crippen LogP contribution in [0.15, 0.2) is 48.5 Å². The van der Waals surface area contributed by atoms with Crippen molar-refractivity contribution in [1.82, 2.24) is 9.78 Å². The summed E-state index contributed by atoms with van der Waals surface area (Å²) < 4.78 is 7.58. The third kappa shape index (κ3) is 5.01. The van der Waals surface area contributed by atoms with E-state index in [-0.39, 0.29) is 5.56 Å². The molecule has 1 aromatic heterocycles. The van der Waals surface area contributed by atoms with Crippen LogP contribution in [0.2, 0.25) is 5.02 Å². The summed E-state index contributed by atoms with van der Waals surface area (Å²) in [7, 11) is 0. The third-order valence-corrected chi connectivity index (χ3v) is 4.99. The van der Waals surface area contributed by atoms with Crippen molar-refractivity contribution in [2.24, 2.45) is 0 Å². The van der Waals surface area contributed by atoms with Crippen LogP contribution in [0.1, 0.15) is 37.0 Å². The van der Waals surface area contributed by atoms with Crippen LogP contribution in [0.3, 0.4) is 0 Å². The standard InChI is InChI=1S/C23H25ClN2O4/c1-3-11-30-22-10-7-16(23(28)29)12-19(22)20-13-21(15-5-8-17(24)9-6-15)26(25-20)14-18(27)4-2/h5-10,12-13,18,27H,3-4,11,14H2,1-2H3,(H,28,29)/t18-/m0/s1. The zero-order valence-electron chi connectivity index (χ0n) is 17.0. The van der Waals surface area contributed by atoms with Gasteiger partial charge in [-0.25, -0.2) is 4.79 Å². The van der Waals surface area contributed by atoms with E-state index in [1.807, 2.05) is 32.0 Å². The molecule has 2 aromatic carbocycles. The smallest absolute Gasteiger partial charge is 0.335 e. The summed E-state index contributed by atoms with van der Waals surface area (Å²) in [5.41, 5.74) is 3.04. The number of rotatable bonds is 9. The van der Waals surface area contributed by atoms with Crippen LogP contribution in [-0.2, 0) is 6.54 Å². The topological polar surface area (TPSA) is 84.6 Å². The first-order valence-electron chi connectivity index (χ1n) is 9.95. The molecule has 0 aliphatic rings. The Hall–Kier alpha value is -2.83. The van der Waals surface area contributed by atoms with E-state index in [2.05, 4.69) is 5.10 Å². The molecular weight excluding hydrogens is 404 g/mol. The minimum Gasteiger partial charge on any atom is -0.493 e. The van der Waals surface area contributed by atoms with Gasteiger partial charge in [0.15, 0.2) is 0 Å². The van der Waals surface area contributed by atoms with Gasteiger partial charge in [-0.3, -0.25) is 4.68 Å². The number of aliphatic hydroxyl groups excluding tert-OH is 1. The van der Waals surface area contributed by atoms with Crippen molar-refractivity contribution in [2.45, 2.75) is 39.3 Å². The minimum absolute atomic E-state index is 0.157. The van der Waals surface area contributed by atoms with Crippen LogP contribution in [-0.4, -0.2) is 38.7 Å². The van der Waals surface area contributed by atoms with E-state index < -0.39 is 12.1 Å². The lowest BCUT2D eigenvalue weighted by molar-refractivity contribution is 0.0697. The fourth-order valence-corrected chi connectivity index (χ4v) is 3.20. The minimum atomic E-state index is -1.02. The van der Waals surface area contributed by atoms with Crippen molar-refractivity contribution in [3.05, 3.63) is 59.1 Å². The number of ether oxygens (including phenoxy) is 1. The zero-order chi connectivity index (χ0) is 21.7. The van der Waals surface area contributed by atoms with E-state index in [1.165, 1.54) is 6.07 Å². The Morgan fingerprint density at radius 3 is 2.53 bits per heavy atom. The summed E-state index contributed by atoms with van der Waals surface area (Å²) in [6.07, 6.45) is 0.868. The number of nitrogens with zero attached hydrogens (tertiary/aromatic N) is 2. The predicted molar refractivity (Wildman–Crippen MR) is 117 cm³/mol. The molecule has 30 heavy (non-hydrogen) atoms. The second-order valence-electron chi connectivity index (χ2n) is 7.03. The molecule has 6 nitrogen and oxygen atoms in total. The van der Waals surface area contributed by atoms with Gasteiger partial charge in [0.1, 0.15) is 5.75 Å². The van der Waals surface area contributed by atoms with Gasteiger partial charge in [-0.1, -0.05) is 37.6 Å². The van der Waals surface area contributed by atoms with Crippen molar-refractivity contribution in [1.29, 1.82) is 0 Å². The van der Waals surface area contributed by atoms with Crippen LogP contribution < -0.4 is 4.74 Å². The highest BCUT2D eigenvalue weighted by Gasteiger charge is 2.18. The maximum Gasteiger partial charge on any atom is 0.335 e. The molecule has 0 saturated heterocycles. The van der Waals surface area contributed by atoms with Gasteiger partial charge in [0.05, 0.1) is 36.2 Å². The summed E-state index contributed by atoms with van der Waals surface area (Å²) in [6.45, 7) is 4.74. The number of carboxylic acids is 1. The Morgan fingerprint density at radius 2 is 1.90 bits per heavy atom. The lowest BCUT2D eigenvalue weighted by atomic mass is 10.1. The Bertz CT molecular complexity index is 1010. The average Bonchev–Trinajstić information content (AvgIpc) is 3.15. The predicted octanol–water partition coefficient (Wildman–Crippen LogP) is 5.13. The van der Waals surface area contributed by atoms with Gasteiger partial charge in [0, 0.05) is 10.6 Å². The van der Waals surface area contributed by atoms with E-state index in [0.717, 1.165) is 17.7 Å². The maximum atomic E-state index is 11.5. The lowest BCUT2D eigenvalue weighted by Gasteiger charge is -2.12. The van der Waals surface area contributed by atoms with Gasteiger partial charge in [-0.2, -0.15) is 5.10 Å². The molecule has 0 spiro atoms. The number of aliphatic hydroxyl groups is 1. The molecule has 7 heteroatoms. The van der Waals surface area contributed by atoms with Crippen LogP contribution >= 0.6 is 11.6 Å². The first kappa shape index (κ1) is 21.9. The SMILES string of the molecule is CCCOc1ccc(C(=O)O)cc1-c1cc(-c2ccc(Cl)cc2)n(C[C@@H](O)CC)n1. The molecule has 0 radical (unpaired) electrons. The number of aromatic carboxylic acids is 1. The maximum absolute atomic E-state index is 11.5. The molecule has 0 aliphatic heterocycles. The van der Waals surface area contributed by atoms with E-state index in [9.17, 15) is 15.0 Å². The number of benzene rings is 2. The molecule has 0 unspecified atom stereocenters. The molecule has 0 amide bonds.